The van der Waals surface area contributed by atoms with Crippen LogP contribution in [-0.2, 0) is 5.41 Å². The minimum absolute atomic E-state index is 0.00960. The van der Waals surface area contributed by atoms with Crippen molar-refractivity contribution in [3.05, 3.63) is 175 Å². The topological polar surface area (TPSA) is 34.0 Å². The summed E-state index contributed by atoms with van der Waals surface area (Å²) in [5.74, 6) is 0. The number of hydrogen-bond donors (Lipinski definition) is 0. The van der Waals surface area contributed by atoms with Gasteiger partial charge in [-0.1, -0.05) is 140 Å². The van der Waals surface area contributed by atoms with E-state index in [2.05, 4.69) is 195 Å². The van der Waals surface area contributed by atoms with E-state index < -0.39 is 8.07 Å². The van der Waals surface area contributed by atoms with Crippen LogP contribution in [0, 0.1) is 13.8 Å². The molecular formula is C52H46N4SSi. The minimum Gasteiger partial charge on any atom is -0.334 e. The monoisotopic (exact) mass is 786 g/mol. The molecule has 0 bridgehead atoms. The molecular weight excluding hydrogens is 741 g/mol. The maximum absolute atomic E-state index is 5.43. The molecule has 0 amide bonds. The van der Waals surface area contributed by atoms with Crippen molar-refractivity contribution >= 4 is 83.0 Å². The molecule has 0 radical (unpaired) electrons. The van der Waals surface area contributed by atoms with Crippen LogP contribution in [0.1, 0.15) is 56.2 Å². The molecule has 4 nitrogen and oxygen atoms in total. The van der Waals surface area contributed by atoms with Gasteiger partial charge in [-0.15, -0.1) is 11.3 Å². The Bertz CT molecular complexity index is 2910. The summed E-state index contributed by atoms with van der Waals surface area (Å²) in [6, 6.07) is 54.0. The molecule has 2 aliphatic rings. The zero-order valence-corrected chi connectivity index (χ0v) is 35.4. The summed E-state index contributed by atoms with van der Waals surface area (Å²) in [5, 5.41) is 6.35. The van der Waals surface area contributed by atoms with Crippen LogP contribution in [-0.4, -0.2) is 28.1 Å². The summed E-state index contributed by atoms with van der Waals surface area (Å²) in [5.41, 5.74) is 11.1. The molecule has 1 fully saturated rings. The van der Waals surface area contributed by atoms with Crippen LogP contribution in [0.4, 0.5) is 11.4 Å². The van der Waals surface area contributed by atoms with Crippen molar-refractivity contribution in [2.24, 2.45) is 0 Å². The van der Waals surface area contributed by atoms with Crippen molar-refractivity contribution in [2.45, 2.75) is 64.3 Å². The second-order valence-corrected chi connectivity index (χ2v) is 21.8. The highest BCUT2D eigenvalue weighted by Gasteiger charge is 2.57. The number of thiophene rings is 1. The lowest BCUT2D eigenvalue weighted by molar-refractivity contribution is 0.195. The summed E-state index contributed by atoms with van der Waals surface area (Å²) in [6.45, 7) is 9.49. The van der Waals surface area contributed by atoms with E-state index in [9.17, 15) is 0 Å². The molecule has 9 aromatic rings. The van der Waals surface area contributed by atoms with E-state index in [-0.39, 0.29) is 11.0 Å². The van der Waals surface area contributed by atoms with Crippen LogP contribution in [0.5, 0.6) is 0 Å². The summed E-state index contributed by atoms with van der Waals surface area (Å²) < 4.78 is 5.04. The minimum atomic E-state index is -2.87. The first-order valence-electron chi connectivity index (χ1n) is 20.7. The van der Waals surface area contributed by atoms with Gasteiger partial charge in [-0.05, 0) is 91.1 Å². The van der Waals surface area contributed by atoms with E-state index in [1.807, 2.05) is 11.3 Å². The van der Waals surface area contributed by atoms with E-state index in [1.54, 1.807) is 0 Å². The van der Waals surface area contributed by atoms with Gasteiger partial charge in [-0.25, -0.2) is 9.97 Å². The normalized spacial score (nSPS) is 19.2. The fraction of sp³-hybridized carbons (Fsp3) is 0.192. The number of benzene rings is 6. The molecule has 3 aromatic heterocycles. The highest BCUT2D eigenvalue weighted by atomic mass is 32.1. The van der Waals surface area contributed by atoms with Gasteiger partial charge in [0, 0.05) is 32.3 Å². The first-order valence-corrected chi connectivity index (χ1v) is 23.5. The molecule has 2 atom stereocenters. The first kappa shape index (κ1) is 35.3. The van der Waals surface area contributed by atoms with Gasteiger partial charge < -0.3 is 9.47 Å². The molecule has 11 rings (SSSR count). The summed E-state index contributed by atoms with van der Waals surface area (Å²) >= 11 is 1.90. The Hall–Kier alpha value is -5.82. The molecule has 284 valence electrons. The highest BCUT2D eigenvalue weighted by molar-refractivity contribution is 7.26. The lowest BCUT2D eigenvalue weighted by atomic mass is 9.61. The van der Waals surface area contributed by atoms with Gasteiger partial charge in [-0.2, -0.15) is 0 Å². The van der Waals surface area contributed by atoms with Gasteiger partial charge in [0.1, 0.15) is 5.45 Å². The van der Waals surface area contributed by atoms with Gasteiger partial charge in [-0.3, -0.25) is 0 Å². The third-order valence-electron chi connectivity index (χ3n) is 13.9. The second-order valence-electron chi connectivity index (χ2n) is 17.1. The average Bonchev–Trinajstić information content (AvgIpc) is 3.85. The third kappa shape index (κ3) is 4.91. The van der Waals surface area contributed by atoms with Crippen molar-refractivity contribution < 1.29 is 0 Å². The van der Waals surface area contributed by atoms with Crippen LogP contribution in [0.15, 0.2) is 158 Å². The number of nitrogens with zero attached hydrogens (tertiary/aromatic N) is 4. The van der Waals surface area contributed by atoms with E-state index in [4.69, 9.17) is 9.97 Å². The Morgan fingerprint density at radius 1 is 0.603 bits per heavy atom. The third-order valence-corrected chi connectivity index (χ3v) is 19.6. The average molecular weight is 787 g/mol. The Balaban J connectivity index is 1.13. The Kier molecular flexibility index (Phi) is 7.98. The number of anilines is 2. The van der Waals surface area contributed by atoms with Crippen LogP contribution in [0.3, 0.4) is 0 Å². The van der Waals surface area contributed by atoms with E-state index in [1.165, 1.54) is 101 Å². The van der Waals surface area contributed by atoms with Crippen molar-refractivity contribution in [3.8, 4) is 5.69 Å². The molecule has 1 aliphatic carbocycles. The Morgan fingerprint density at radius 3 is 1.86 bits per heavy atom. The summed E-state index contributed by atoms with van der Waals surface area (Å²) in [7, 11) is -2.87. The van der Waals surface area contributed by atoms with Crippen LogP contribution in [0.2, 0.25) is 0 Å². The molecule has 58 heavy (non-hydrogen) atoms. The number of aryl methyl sites for hydroxylation is 2. The highest BCUT2D eigenvalue weighted by Crippen LogP contribution is 2.61. The van der Waals surface area contributed by atoms with Gasteiger partial charge in [0.05, 0.1) is 39.4 Å². The molecule has 0 saturated heterocycles. The number of aromatic nitrogens is 3. The van der Waals surface area contributed by atoms with Crippen molar-refractivity contribution in [1.29, 1.82) is 0 Å². The number of hydrogen-bond acceptors (Lipinski definition) is 4. The summed E-state index contributed by atoms with van der Waals surface area (Å²) in [6.07, 6.45) is 9.10. The predicted molar refractivity (Wildman–Crippen MR) is 248 cm³/mol. The first-order chi connectivity index (χ1) is 28.3. The lowest BCUT2D eigenvalue weighted by Gasteiger charge is -2.50. The van der Waals surface area contributed by atoms with Crippen molar-refractivity contribution in [3.63, 3.8) is 0 Å². The van der Waals surface area contributed by atoms with E-state index in [0.29, 0.717) is 0 Å². The van der Waals surface area contributed by atoms with Crippen molar-refractivity contribution in [1.82, 2.24) is 14.5 Å². The van der Waals surface area contributed by atoms with Crippen LogP contribution in [0.25, 0.3) is 36.9 Å². The molecule has 4 heterocycles. The second kappa shape index (κ2) is 13.1. The number of rotatable bonds is 6. The van der Waals surface area contributed by atoms with E-state index >= 15 is 0 Å². The molecule has 1 saturated carbocycles. The van der Waals surface area contributed by atoms with E-state index in [0.717, 1.165) is 11.1 Å². The number of fused-ring (bicyclic) bond motifs is 8. The fourth-order valence-electron chi connectivity index (χ4n) is 10.9. The zero-order valence-electron chi connectivity index (χ0n) is 33.5. The predicted octanol–water partition coefficient (Wildman–Crippen LogP) is 10.5. The SMILES string of the molecule is Cc1ccc2c(c1)C1(C)CCCCC1(C)N2c1ccc2c(c1)c1sc3ccc(C)cc3c1n2-c1cnc([Si](c2ccccc2)(c2ccccc2)c2ccccc2)nc1. The molecule has 0 spiro atoms. The molecule has 6 heteroatoms. The maximum atomic E-state index is 5.43. The molecule has 1 aliphatic heterocycles. The van der Waals surface area contributed by atoms with Crippen molar-refractivity contribution in [2.75, 3.05) is 4.90 Å². The fourth-order valence-corrected chi connectivity index (χ4v) is 16.4. The summed E-state index contributed by atoms with van der Waals surface area (Å²) in [4.78, 5) is 13.6. The Labute approximate surface area is 345 Å². The molecule has 2 unspecified atom stereocenters. The van der Waals surface area contributed by atoms with Gasteiger partial charge >= 0.3 is 0 Å². The lowest BCUT2D eigenvalue weighted by Crippen LogP contribution is -2.76. The van der Waals surface area contributed by atoms with Crippen LogP contribution < -0.4 is 25.9 Å². The molecule has 6 aromatic carbocycles. The van der Waals surface area contributed by atoms with Gasteiger partial charge in [0.2, 0.25) is 8.07 Å². The smallest absolute Gasteiger partial charge is 0.226 e. The largest absolute Gasteiger partial charge is 0.334 e. The Morgan fingerprint density at radius 2 is 1.21 bits per heavy atom. The standard InChI is InChI=1S/C52H46N4SSi/c1-35-23-27-47-43(30-35)48-49(57-47)42-32-37(56-46-25-22-36(2)31-44(46)51(3)28-14-15-29-52(51,56)4)24-26-45(42)55(48)38-33-53-50(54-34-38)58(39-16-8-5-9-17-39,40-18-10-6-11-19-40)41-20-12-7-13-21-41/h5-13,16-27,30-34H,14-15,28-29H2,1-4H3. The molecule has 0 N–H and O–H groups in total. The quantitative estimate of drug-likeness (QED) is 0.124. The van der Waals surface area contributed by atoms with Crippen LogP contribution >= 0.6 is 11.3 Å². The zero-order chi connectivity index (χ0) is 39.2. The maximum Gasteiger partial charge on any atom is 0.226 e. The van der Waals surface area contributed by atoms with Gasteiger partial charge in [0.15, 0.2) is 0 Å². The van der Waals surface area contributed by atoms with Gasteiger partial charge in [0.25, 0.3) is 0 Å².